The van der Waals surface area contributed by atoms with Crippen LogP contribution >= 0.6 is 11.3 Å². The van der Waals surface area contributed by atoms with Crippen LogP contribution in [0.25, 0.3) is 10.6 Å². The molecular formula is C14H16FNOS. The van der Waals surface area contributed by atoms with Crippen LogP contribution in [0, 0.1) is 11.7 Å². The van der Waals surface area contributed by atoms with Crippen LogP contribution in [0.5, 0.6) is 0 Å². The lowest BCUT2D eigenvalue weighted by molar-refractivity contribution is 0.235. The second kappa shape index (κ2) is 5.59. The lowest BCUT2D eigenvalue weighted by atomic mass is 9.94. The largest absolute Gasteiger partial charge is 0.396 e. The number of thiazole rings is 1. The number of nitrogens with zero attached hydrogens (tertiary/aromatic N) is 1. The zero-order chi connectivity index (χ0) is 13.1. The van der Waals surface area contributed by atoms with E-state index in [2.05, 4.69) is 4.98 Å². The summed E-state index contributed by atoms with van der Waals surface area (Å²) in [5.74, 6) is 0.0656. The first-order valence-corrected chi connectivity index (χ1v) is 6.82. The molecule has 1 heterocycles. The predicted octanol–water partition coefficient (Wildman–Crippen LogP) is 3.68. The normalized spacial score (nSPS) is 12.9. The average Bonchev–Trinajstić information content (AvgIpc) is 2.79. The van der Waals surface area contributed by atoms with E-state index in [4.69, 9.17) is 0 Å². The van der Waals surface area contributed by atoms with E-state index in [-0.39, 0.29) is 18.3 Å². The number of aliphatic hydroxyl groups is 1. The molecule has 4 heteroatoms. The van der Waals surface area contributed by atoms with Crippen LogP contribution < -0.4 is 0 Å². The van der Waals surface area contributed by atoms with E-state index >= 15 is 0 Å². The van der Waals surface area contributed by atoms with Crippen LogP contribution in [0.15, 0.2) is 29.6 Å². The minimum atomic E-state index is -0.261. The van der Waals surface area contributed by atoms with Gasteiger partial charge in [0.1, 0.15) is 10.8 Å². The van der Waals surface area contributed by atoms with Crippen LogP contribution in [-0.4, -0.2) is 16.7 Å². The Morgan fingerprint density at radius 2 is 2.06 bits per heavy atom. The number of halogens is 1. The van der Waals surface area contributed by atoms with Gasteiger partial charge in [-0.2, -0.15) is 0 Å². The Labute approximate surface area is 110 Å². The lowest BCUT2D eigenvalue weighted by Crippen LogP contribution is -2.11. The molecule has 1 aromatic carbocycles. The molecule has 1 unspecified atom stereocenters. The van der Waals surface area contributed by atoms with E-state index in [9.17, 15) is 9.50 Å². The van der Waals surface area contributed by atoms with Crippen molar-refractivity contribution in [3.8, 4) is 10.6 Å². The van der Waals surface area contributed by atoms with Crippen LogP contribution in [0.1, 0.15) is 25.5 Å². The number of benzene rings is 1. The van der Waals surface area contributed by atoms with Gasteiger partial charge < -0.3 is 5.11 Å². The van der Waals surface area contributed by atoms with Crippen molar-refractivity contribution in [1.82, 2.24) is 4.98 Å². The summed E-state index contributed by atoms with van der Waals surface area (Å²) in [5.41, 5.74) is 1.37. The third-order valence-electron chi connectivity index (χ3n) is 3.01. The zero-order valence-electron chi connectivity index (χ0n) is 10.4. The quantitative estimate of drug-likeness (QED) is 0.914. The minimum Gasteiger partial charge on any atom is -0.396 e. The zero-order valence-corrected chi connectivity index (χ0v) is 11.2. The van der Waals surface area contributed by atoms with E-state index in [0.29, 0.717) is 16.5 Å². The average molecular weight is 265 g/mol. The maximum absolute atomic E-state index is 13.6. The van der Waals surface area contributed by atoms with E-state index in [0.717, 1.165) is 5.69 Å². The summed E-state index contributed by atoms with van der Waals surface area (Å²) in [4.78, 5) is 4.45. The Morgan fingerprint density at radius 1 is 1.33 bits per heavy atom. The van der Waals surface area contributed by atoms with Gasteiger partial charge in [0.15, 0.2) is 0 Å². The first kappa shape index (κ1) is 13.2. The highest BCUT2D eigenvalue weighted by atomic mass is 32.1. The Bertz CT molecular complexity index is 524. The van der Waals surface area contributed by atoms with Gasteiger partial charge in [-0.25, -0.2) is 9.37 Å². The predicted molar refractivity (Wildman–Crippen MR) is 72.2 cm³/mol. The molecule has 96 valence electrons. The lowest BCUT2D eigenvalue weighted by Gasteiger charge is -2.15. The Kier molecular flexibility index (Phi) is 4.09. The monoisotopic (exact) mass is 265 g/mol. The first-order chi connectivity index (χ1) is 8.63. The second-order valence-electron chi connectivity index (χ2n) is 4.59. The molecule has 0 aliphatic carbocycles. The summed E-state index contributed by atoms with van der Waals surface area (Å²) >= 11 is 1.42. The minimum absolute atomic E-state index is 0.0155. The third-order valence-corrected chi connectivity index (χ3v) is 3.90. The molecule has 2 aromatic rings. The van der Waals surface area contributed by atoms with Gasteiger partial charge in [-0.3, -0.25) is 0 Å². The Hall–Kier alpha value is -1.26. The standard InChI is InChI=1S/C14H16FNOS/c1-9(2)11(7-17)13-8-18-14(16-13)10-5-3-4-6-12(10)15/h3-6,8-9,11,17H,7H2,1-2H3. The summed E-state index contributed by atoms with van der Waals surface area (Å²) in [7, 11) is 0. The fraction of sp³-hybridized carbons (Fsp3) is 0.357. The molecule has 0 spiro atoms. The van der Waals surface area contributed by atoms with E-state index in [1.54, 1.807) is 18.2 Å². The summed E-state index contributed by atoms with van der Waals surface area (Å²) in [5, 5.41) is 11.9. The molecule has 1 aromatic heterocycles. The van der Waals surface area contributed by atoms with Crippen molar-refractivity contribution in [2.45, 2.75) is 19.8 Å². The maximum Gasteiger partial charge on any atom is 0.133 e. The van der Waals surface area contributed by atoms with Gasteiger partial charge >= 0.3 is 0 Å². The van der Waals surface area contributed by atoms with Gasteiger partial charge in [0, 0.05) is 16.9 Å². The van der Waals surface area contributed by atoms with Gasteiger partial charge in [-0.1, -0.05) is 26.0 Å². The van der Waals surface area contributed by atoms with Crippen LogP contribution in [0.3, 0.4) is 0 Å². The van der Waals surface area contributed by atoms with Crippen molar-refractivity contribution < 1.29 is 9.50 Å². The summed E-state index contributed by atoms with van der Waals surface area (Å²) in [6, 6.07) is 6.62. The van der Waals surface area contributed by atoms with Gasteiger partial charge in [-0.05, 0) is 18.1 Å². The number of rotatable bonds is 4. The molecule has 0 aliphatic heterocycles. The summed E-state index contributed by atoms with van der Waals surface area (Å²) in [6.45, 7) is 4.16. The number of aromatic nitrogens is 1. The highest BCUT2D eigenvalue weighted by Crippen LogP contribution is 2.31. The SMILES string of the molecule is CC(C)C(CO)c1csc(-c2ccccc2F)n1. The van der Waals surface area contributed by atoms with Crippen molar-refractivity contribution in [2.75, 3.05) is 6.61 Å². The van der Waals surface area contributed by atoms with Gasteiger partial charge in [0.2, 0.25) is 0 Å². The number of aliphatic hydroxyl groups excluding tert-OH is 1. The van der Waals surface area contributed by atoms with Crippen molar-refractivity contribution in [3.05, 3.63) is 41.2 Å². The summed E-state index contributed by atoms with van der Waals surface area (Å²) < 4.78 is 13.6. The van der Waals surface area contributed by atoms with Crippen LogP contribution in [0.4, 0.5) is 4.39 Å². The van der Waals surface area contributed by atoms with Crippen molar-refractivity contribution >= 4 is 11.3 Å². The molecule has 0 saturated carbocycles. The highest BCUT2D eigenvalue weighted by Gasteiger charge is 2.19. The highest BCUT2D eigenvalue weighted by molar-refractivity contribution is 7.13. The smallest absolute Gasteiger partial charge is 0.133 e. The molecular weight excluding hydrogens is 249 g/mol. The Morgan fingerprint density at radius 3 is 2.67 bits per heavy atom. The number of hydrogen-bond acceptors (Lipinski definition) is 3. The molecule has 0 aliphatic rings. The molecule has 0 fully saturated rings. The van der Waals surface area contributed by atoms with Crippen LogP contribution in [-0.2, 0) is 0 Å². The fourth-order valence-electron chi connectivity index (χ4n) is 1.86. The van der Waals surface area contributed by atoms with Gasteiger partial charge in [0.05, 0.1) is 12.3 Å². The van der Waals surface area contributed by atoms with Crippen LogP contribution in [0.2, 0.25) is 0 Å². The first-order valence-electron chi connectivity index (χ1n) is 5.94. The molecule has 0 amide bonds. The third kappa shape index (κ3) is 2.60. The molecule has 2 nitrogen and oxygen atoms in total. The molecule has 1 N–H and O–H groups in total. The summed E-state index contributed by atoms with van der Waals surface area (Å²) in [6.07, 6.45) is 0. The maximum atomic E-state index is 13.6. The van der Waals surface area contributed by atoms with Crippen molar-refractivity contribution in [1.29, 1.82) is 0 Å². The van der Waals surface area contributed by atoms with Gasteiger partial charge in [-0.15, -0.1) is 11.3 Å². The van der Waals surface area contributed by atoms with Crippen molar-refractivity contribution in [3.63, 3.8) is 0 Å². The van der Waals surface area contributed by atoms with Crippen molar-refractivity contribution in [2.24, 2.45) is 5.92 Å². The molecule has 0 bridgehead atoms. The van der Waals surface area contributed by atoms with E-state index < -0.39 is 0 Å². The molecule has 18 heavy (non-hydrogen) atoms. The molecule has 0 saturated heterocycles. The Balaban J connectivity index is 2.34. The number of hydrogen-bond donors (Lipinski definition) is 1. The molecule has 2 rings (SSSR count). The van der Waals surface area contributed by atoms with E-state index in [1.807, 2.05) is 19.2 Å². The van der Waals surface area contributed by atoms with Gasteiger partial charge in [0.25, 0.3) is 0 Å². The fourth-order valence-corrected chi connectivity index (χ4v) is 2.77. The van der Waals surface area contributed by atoms with E-state index in [1.165, 1.54) is 17.4 Å². The second-order valence-corrected chi connectivity index (χ2v) is 5.45. The molecule has 0 radical (unpaired) electrons. The topological polar surface area (TPSA) is 33.1 Å². The molecule has 1 atom stereocenters.